The van der Waals surface area contributed by atoms with Crippen LogP contribution in [-0.2, 0) is 13.2 Å². The first-order valence-electron chi connectivity index (χ1n) is 13.1. The van der Waals surface area contributed by atoms with E-state index in [1.165, 1.54) is 16.7 Å². The van der Waals surface area contributed by atoms with Crippen LogP contribution in [0.4, 0.5) is 24.8 Å². The molecule has 1 aliphatic rings. The topological polar surface area (TPSA) is 58.6 Å². The lowest BCUT2D eigenvalue weighted by Crippen LogP contribution is -2.59. The Morgan fingerprint density at radius 2 is 1.71 bits per heavy atom. The SMILES string of the molecule is [C-]#[N+]c1ccc2c(n1)c(N1C[C@@H](CC)N(C(CCC)c3ccc(C(F)(F)F)cc3)C[C@@H]1CC)nc(=O)n2C. The van der Waals surface area contributed by atoms with E-state index in [0.717, 1.165) is 31.2 Å². The van der Waals surface area contributed by atoms with E-state index in [4.69, 9.17) is 6.57 Å². The Bertz CT molecular complexity index is 1380. The van der Waals surface area contributed by atoms with Crippen LogP contribution in [0, 0.1) is 6.57 Å². The number of halogens is 3. The van der Waals surface area contributed by atoms with E-state index >= 15 is 0 Å². The van der Waals surface area contributed by atoms with Gasteiger partial charge in [-0.15, -0.1) is 4.98 Å². The van der Waals surface area contributed by atoms with Crippen LogP contribution in [0.5, 0.6) is 0 Å². The van der Waals surface area contributed by atoms with Gasteiger partial charge < -0.3 is 9.74 Å². The third-order valence-corrected chi connectivity index (χ3v) is 7.57. The zero-order chi connectivity index (χ0) is 27.6. The summed E-state index contributed by atoms with van der Waals surface area (Å²) in [5, 5.41) is 0. The average molecular weight is 527 g/mol. The summed E-state index contributed by atoms with van der Waals surface area (Å²) in [5.74, 6) is 0.725. The Labute approximate surface area is 220 Å². The molecule has 0 radical (unpaired) electrons. The van der Waals surface area contributed by atoms with E-state index in [1.54, 1.807) is 31.3 Å². The Morgan fingerprint density at radius 3 is 2.29 bits per heavy atom. The molecule has 4 rings (SSSR count). The van der Waals surface area contributed by atoms with Gasteiger partial charge in [0.05, 0.1) is 11.1 Å². The molecule has 1 saturated heterocycles. The number of hydrogen-bond acceptors (Lipinski definition) is 5. The Hall–Kier alpha value is -3.45. The van der Waals surface area contributed by atoms with Crippen molar-refractivity contribution in [3.63, 3.8) is 0 Å². The van der Waals surface area contributed by atoms with Crippen molar-refractivity contribution in [2.75, 3.05) is 18.0 Å². The third kappa shape index (κ3) is 5.25. The van der Waals surface area contributed by atoms with Crippen LogP contribution in [0.3, 0.4) is 0 Å². The molecule has 38 heavy (non-hydrogen) atoms. The first-order valence-corrected chi connectivity index (χ1v) is 13.1. The van der Waals surface area contributed by atoms with E-state index in [0.29, 0.717) is 29.9 Å². The molecule has 3 heterocycles. The maximum absolute atomic E-state index is 13.2. The summed E-state index contributed by atoms with van der Waals surface area (Å²) >= 11 is 0. The van der Waals surface area contributed by atoms with Crippen LogP contribution in [0.2, 0.25) is 0 Å². The van der Waals surface area contributed by atoms with Gasteiger partial charge in [0.1, 0.15) is 0 Å². The molecule has 202 valence electrons. The number of anilines is 1. The highest BCUT2D eigenvalue weighted by Gasteiger charge is 2.38. The van der Waals surface area contributed by atoms with Crippen LogP contribution in [-0.4, -0.2) is 44.6 Å². The van der Waals surface area contributed by atoms with E-state index in [9.17, 15) is 18.0 Å². The zero-order valence-electron chi connectivity index (χ0n) is 22.2. The lowest BCUT2D eigenvalue weighted by Gasteiger charge is -2.49. The zero-order valence-corrected chi connectivity index (χ0v) is 22.2. The molecule has 0 spiro atoms. The highest BCUT2D eigenvalue weighted by atomic mass is 19.4. The van der Waals surface area contributed by atoms with Gasteiger partial charge in [0, 0.05) is 38.3 Å². The van der Waals surface area contributed by atoms with Gasteiger partial charge in [-0.25, -0.2) is 4.79 Å². The van der Waals surface area contributed by atoms with E-state index in [2.05, 4.69) is 45.4 Å². The lowest BCUT2D eigenvalue weighted by molar-refractivity contribution is -0.137. The van der Waals surface area contributed by atoms with Crippen LogP contribution >= 0.6 is 0 Å². The molecule has 0 bridgehead atoms. The molecule has 10 heteroatoms. The van der Waals surface area contributed by atoms with Crippen molar-refractivity contribution in [2.24, 2.45) is 7.05 Å². The molecule has 3 aromatic rings. The molecule has 1 aromatic carbocycles. The maximum atomic E-state index is 13.2. The normalized spacial score (nSPS) is 19.5. The number of hydrogen-bond donors (Lipinski definition) is 0. The molecule has 2 aromatic heterocycles. The number of aryl methyl sites for hydroxylation is 1. The minimum Gasteiger partial charge on any atom is -0.361 e. The first kappa shape index (κ1) is 27.6. The average Bonchev–Trinajstić information content (AvgIpc) is 2.92. The Morgan fingerprint density at radius 1 is 1.03 bits per heavy atom. The largest absolute Gasteiger partial charge is 0.416 e. The fourth-order valence-corrected chi connectivity index (χ4v) is 5.48. The minimum atomic E-state index is -4.37. The summed E-state index contributed by atoms with van der Waals surface area (Å²) in [6.45, 7) is 14.9. The quantitative estimate of drug-likeness (QED) is 0.347. The highest BCUT2D eigenvalue weighted by molar-refractivity contribution is 5.87. The molecular weight excluding hydrogens is 493 g/mol. The second-order valence-corrected chi connectivity index (χ2v) is 9.82. The van der Waals surface area contributed by atoms with Crippen molar-refractivity contribution in [1.82, 2.24) is 19.4 Å². The van der Waals surface area contributed by atoms with Gasteiger partial charge in [-0.2, -0.15) is 18.2 Å². The summed E-state index contributed by atoms with van der Waals surface area (Å²) in [7, 11) is 1.64. The second-order valence-electron chi connectivity index (χ2n) is 9.82. The molecular formula is C28H33F3N6O. The number of pyridine rings is 1. The van der Waals surface area contributed by atoms with Crippen molar-refractivity contribution < 1.29 is 13.2 Å². The maximum Gasteiger partial charge on any atom is 0.416 e. The van der Waals surface area contributed by atoms with Gasteiger partial charge in [-0.05, 0) is 49.1 Å². The van der Waals surface area contributed by atoms with Crippen molar-refractivity contribution in [3.05, 3.63) is 69.4 Å². The van der Waals surface area contributed by atoms with Crippen LogP contribution < -0.4 is 10.6 Å². The summed E-state index contributed by atoms with van der Waals surface area (Å²) in [6, 6.07) is 8.95. The number of nitrogens with zero attached hydrogens (tertiary/aromatic N) is 6. The lowest BCUT2D eigenvalue weighted by atomic mass is 9.93. The highest BCUT2D eigenvalue weighted by Crippen LogP contribution is 2.37. The number of piperazine rings is 1. The fraction of sp³-hybridized carbons (Fsp3) is 0.500. The van der Waals surface area contributed by atoms with Gasteiger partial charge in [-0.3, -0.25) is 9.47 Å². The Kier molecular flexibility index (Phi) is 8.07. The standard InChI is InChI=1S/C28H33F3N6O/c1-6-9-22(18-10-12-19(13-11-18)28(29,30)31)36-16-21(8-3)37(17-20(36)7-2)26-25-23(35(5)27(38)34-26)14-15-24(32-4)33-25/h10-15,20-22H,6-9,16-17H2,1-3,5H3/t20-,21+,22?/m1/s1. The van der Waals surface area contributed by atoms with Crippen molar-refractivity contribution in [1.29, 1.82) is 0 Å². The Balaban J connectivity index is 1.74. The van der Waals surface area contributed by atoms with Gasteiger partial charge in [0.15, 0.2) is 5.82 Å². The smallest absolute Gasteiger partial charge is 0.361 e. The minimum absolute atomic E-state index is 0.00723. The van der Waals surface area contributed by atoms with Gasteiger partial charge in [0.25, 0.3) is 5.82 Å². The van der Waals surface area contributed by atoms with Crippen LogP contribution in [0.15, 0.2) is 41.2 Å². The number of fused-ring (bicyclic) bond motifs is 1. The molecule has 0 saturated carbocycles. The summed E-state index contributed by atoms with van der Waals surface area (Å²) in [6.07, 6.45) is -1.06. The van der Waals surface area contributed by atoms with Crippen molar-refractivity contribution in [3.8, 4) is 0 Å². The molecule has 1 fully saturated rings. The number of benzene rings is 1. The third-order valence-electron chi connectivity index (χ3n) is 7.57. The summed E-state index contributed by atoms with van der Waals surface area (Å²) in [4.78, 5) is 29.7. The van der Waals surface area contributed by atoms with Gasteiger partial charge in [-0.1, -0.05) is 45.9 Å². The number of aromatic nitrogens is 3. The molecule has 1 unspecified atom stereocenters. The van der Waals surface area contributed by atoms with Crippen molar-refractivity contribution >= 4 is 22.7 Å². The second kappa shape index (κ2) is 11.1. The molecule has 3 atom stereocenters. The van der Waals surface area contributed by atoms with Gasteiger partial charge in [0.2, 0.25) is 5.52 Å². The molecule has 7 nitrogen and oxygen atoms in total. The van der Waals surface area contributed by atoms with Crippen molar-refractivity contribution in [2.45, 2.75) is 70.8 Å². The first-order chi connectivity index (χ1) is 18.1. The number of rotatable bonds is 7. The molecule has 0 amide bonds. The summed E-state index contributed by atoms with van der Waals surface area (Å²) < 4.78 is 41.0. The monoisotopic (exact) mass is 526 g/mol. The van der Waals surface area contributed by atoms with E-state index < -0.39 is 11.7 Å². The van der Waals surface area contributed by atoms with Gasteiger partial charge >= 0.3 is 11.9 Å². The van der Waals surface area contributed by atoms with E-state index in [-0.39, 0.29) is 29.6 Å². The molecule has 0 N–H and O–H groups in total. The number of alkyl halides is 3. The molecule has 0 aliphatic carbocycles. The van der Waals surface area contributed by atoms with Crippen LogP contribution in [0.25, 0.3) is 15.9 Å². The predicted molar refractivity (Wildman–Crippen MR) is 142 cm³/mol. The van der Waals surface area contributed by atoms with Crippen LogP contribution in [0.1, 0.15) is 63.6 Å². The fourth-order valence-electron chi connectivity index (χ4n) is 5.48. The molecule has 1 aliphatic heterocycles. The van der Waals surface area contributed by atoms with E-state index in [1.807, 2.05) is 0 Å². The summed E-state index contributed by atoms with van der Waals surface area (Å²) in [5.41, 5.74) is 0.988. The predicted octanol–water partition coefficient (Wildman–Crippen LogP) is 6.12.